The molecule has 0 fully saturated rings. The molecule has 0 saturated heterocycles. The van der Waals surface area contributed by atoms with E-state index in [-0.39, 0.29) is 0 Å². The quantitative estimate of drug-likeness (QED) is 0.647. The van der Waals surface area contributed by atoms with E-state index in [1.165, 1.54) is 0 Å². The Morgan fingerprint density at radius 1 is 1.90 bits per heavy atom. The maximum Gasteiger partial charge on any atom is 0.0897 e. The molecule has 0 unspecified atom stereocenters. The molecule has 10 heavy (non-hydrogen) atoms. The zero-order valence-electron chi connectivity index (χ0n) is 5.66. The molecule has 1 rings (SSSR count). The van der Waals surface area contributed by atoms with Gasteiger partial charge in [0.15, 0.2) is 0 Å². The lowest BCUT2D eigenvalue weighted by Gasteiger charge is -1.83. The number of nitriles is 1. The van der Waals surface area contributed by atoms with Crippen LogP contribution in [-0.2, 0) is 0 Å². The lowest BCUT2D eigenvalue weighted by molar-refractivity contribution is 1.15. The molecule has 0 aliphatic heterocycles. The maximum atomic E-state index is 8.23. The van der Waals surface area contributed by atoms with E-state index in [4.69, 9.17) is 5.26 Å². The number of rotatable bonds is 2. The van der Waals surface area contributed by atoms with Gasteiger partial charge >= 0.3 is 0 Å². The summed E-state index contributed by atoms with van der Waals surface area (Å²) in [5.74, 6) is 0. The van der Waals surface area contributed by atoms with Crippen LogP contribution in [0.5, 0.6) is 0 Å². The Morgan fingerprint density at radius 3 is 3.20 bits per heavy atom. The molecular weight excluding hydrogens is 144 g/mol. The second kappa shape index (κ2) is 3.33. The predicted octanol–water partition coefficient (Wildman–Crippen LogP) is 1.92. The summed E-state index contributed by atoms with van der Waals surface area (Å²) in [4.78, 5) is 4.16. The molecule has 51 valence electrons. The van der Waals surface area contributed by atoms with Gasteiger partial charge in [0.25, 0.3) is 0 Å². The fraction of sp³-hybridized carbons (Fsp3) is 0.286. The van der Waals surface area contributed by atoms with E-state index in [0.29, 0.717) is 6.42 Å². The summed E-state index contributed by atoms with van der Waals surface area (Å²) >= 11 is 1.60. The lowest BCUT2D eigenvalue weighted by atomic mass is 10.3. The standard InChI is InChI=1S/C7H7N2S/c1-6-9-7(5-10-6)3-2-4-8/h3,5H,2H2,1H3. The number of hydrogen-bond donors (Lipinski definition) is 0. The van der Waals surface area contributed by atoms with E-state index in [2.05, 4.69) is 4.98 Å². The number of thiazole rings is 1. The number of nitrogens with zero attached hydrogens (tertiary/aromatic N) is 2. The van der Waals surface area contributed by atoms with Crippen LogP contribution in [-0.4, -0.2) is 4.98 Å². The minimum atomic E-state index is 0.448. The molecule has 0 aliphatic carbocycles. The lowest BCUT2D eigenvalue weighted by Crippen LogP contribution is -1.79. The third-order valence-corrected chi connectivity index (χ3v) is 1.83. The van der Waals surface area contributed by atoms with Gasteiger partial charge in [-0.15, -0.1) is 11.3 Å². The van der Waals surface area contributed by atoms with Crippen LogP contribution in [0.25, 0.3) is 0 Å². The van der Waals surface area contributed by atoms with Gasteiger partial charge in [-0.1, -0.05) is 0 Å². The Labute approximate surface area is 64.1 Å². The molecule has 1 heterocycles. The summed E-state index contributed by atoms with van der Waals surface area (Å²) in [5.41, 5.74) is 0.920. The summed E-state index contributed by atoms with van der Waals surface area (Å²) in [6.45, 7) is 1.95. The fourth-order valence-electron chi connectivity index (χ4n) is 0.624. The number of aryl methyl sites for hydroxylation is 1. The van der Waals surface area contributed by atoms with E-state index >= 15 is 0 Å². The van der Waals surface area contributed by atoms with E-state index in [0.717, 1.165) is 10.7 Å². The molecule has 3 heteroatoms. The molecule has 2 nitrogen and oxygen atoms in total. The topological polar surface area (TPSA) is 36.7 Å². The molecule has 1 aromatic heterocycles. The van der Waals surface area contributed by atoms with Gasteiger partial charge in [0.1, 0.15) is 0 Å². The summed E-state index contributed by atoms with van der Waals surface area (Å²) in [6, 6.07) is 2.03. The Hall–Kier alpha value is -0.880. The predicted molar refractivity (Wildman–Crippen MR) is 40.5 cm³/mol. The maximum absolute atomic E-state index is 8.23. The zero-order valence-corrected chi connectivity index (χ0v) is 6.48. The molecular formula is C7H7N2S. The monoisotopic (exact) mass is 151 g/mol. The molecule has 0 aromatic carbocycles. The van der Waals surface area contributed by atoms with Gasteiger partial charge in [0, 0.05) is 18.2 Å². The fourth-order valence-corrected chi connectivity index (χ4v) is 1.22. The van der Waals surface area contributed by atoms with Crippen molar-refractivity contribution in [2.45, 2.75) is 13.3 Å². The number of aromatic nitrogens is 1. The highest BCUT2D eigenvalue weighted by Crippen LogP contribution is 2.10. The summed E-state index contributed by atoms with van der Waals surface area (Å²) in [6.07, 6.45) is 2.27. The molecule has 0 amide bonds. The highest BCUT2D eigenvalue weighted by atomic mass is 32.1. The van der Waals surface area contributed by atoms with Gasteiger partial charge in [-0.2, -0.15) is 5.26 Å². The van der Waals surface area contributed by atoms with Gasteiger partial charge in [0.2, 0.25) is 0 Å². The Balaban J connectivity index is 2.52. The van der Waals surface area contributed by atoms with Crippen molar-refractivity contribution in [2.75, 3.05) is 0 Å². The first kappa shape index (κ1) is 7.23. The summed E-state index contributed by atoms with van der Waals surface area (Å²) < 4.78 is 0. The van der Waals surface area contributed by atoms with Crippen molar-refractivity contribution in [3.63, 3.8) is 0 Å². The molecule has 0 bridgehead atoms. The van der Waals surface area contributed by atoms with E-state index < -0.39 is 0 Å². The van der Waals surface area contributed by atoms with E-state index in [9.17, 15) is 0 Å². The van der Waals surface area contributed by atoms with Gasteiger partial charge in [-0.05, 0) is 6.92 Å². The van der Waals surface area contributed by atoms with Crippen LogP contribution in [0.3, 0.4) is 0 Å². The van der Waals surface area contributed by atoms with Crippen molar-refractivity contribution < 1.29 is 0 Å². The van der Waals surface area contributed by atoms with Crippen LogP contribution < -0.4 is 0 Å². The van der Waals surface area contributed by atoms with Crippen LogP contribution in [0.2, 0.25) is 0 Å². The van der Waals surface area contributed by atoms with Crippen molar-refractivity contribution in [1.29, 1.82) is 5.26 Å². The van der Waals surface area contributed by atoms with E-state index in [1.54, 1.807) is 11.3 Å². The Bertz CT molecular complexity index is 246. The van der Waals surface area contributed by atoms with Gasteiger partial charge in [0.05, 0.1) is 16.8 Å². The second-order valence-electron chi connectivity index (χ2n) is 1.86. The zero-order chi connectivity index (χ0) is 7.40. The second-order valence-corrected chi connectivity index (χ2v) is 2.92. The molecule has 0 spiro atoms. The summed E-state index contributed by atoms with van der Waals surface area (Å²) in [7, 11) is 0. The molecule has 0 N–H and O–H groups in total. The van der Waals surface area contributed by atoms with Crippen molar-refractivity contribution in [3.05, 3.63) is 22.5 Å². The largest absolute Gasteiger partial charge is 0.246 e. The third kappa shape index (κ3) is 1.82. The van der Waals surface area contributed by atoms with Crippen molar-refractivity contribution >= 4 is 11.3 Å². The normalized spacial score (nSPS) is 9.20. The Morgan fingerprint density at radius 2 is 2.70 bits per heavy atom. The average molecular weight is 151 g/mol. The van der Waals surface area contributed by atoms with Crippen LogP contribution in [0.4, 0.5) is 0 Å². The van der Waals surface area contributed by atoms with Gasteiger partial charge in [-0.3, -0.25) is 0 Å². The van der Waals surface area contributed by atoms with E-state index in [1.807, 2.05) is 24.8 Å². The molecule has 1 radical (unpaired) electrons. The molecule has 0 saturated carbocycles. The first-order valence-electron chi connectivity index (χ1n) is 2.95. The average Bonchev–Trinajstić information content (AvgIpc) is 2.31. The van der Waals surface area contributed by atoms with Gasteiger partial charge < -0.3 is 0 Å². The summed E-state index contributed by atoms with van der Waals surface area (Å²) in [5, 5.41) is 11.2. The minimum Gasteiger partial charge on any atom is -0.246 e. The van der Waals surface area contributed by atoms with Crippen LogP contribution in [0.1, 0.15) is 17.1 Å². The van der Waals surface area contributed by atoms with Gasteiger partial charge in [-0.25, -0.2) is 4.98 Å². The van der Waals surface area contributed by atoms with Crippen molar-refractivity contribution in [2.24, 2.45) is 0 Å². The molecule has 1 aromatic rings. The third-order valence-electron chi connectivity index (χ3n) is 1.04. The van der Waals surface area contributed by atoms with Crippen LogP contribution in [0, 0.1) is 24.7 Å². The number of hydrogen-bond acceptors (Lipinski definition) is 3. The Kier molecular flexibility index (Phi) is 2.41. The molecule has 0 atom stereocenters. The minimum absolute atomic E-state index is 0.448. The smallest absolute Gasteiger partial charge is 0.0897 e. The SMILES string of the molecule is Cc1nc([CH]CC#N)cs1. The van der Waals surface area contributed by atoms with Crippen LogP contribution >= 0.6 is 11.3 Å². The molecule has 0 aliphatic rings. The van der Waals surface area contributed by atoms with Crippen molar-refractivity contribution in [1.82, 2.24) is 4.98 Å². The van der Waals surface area contributed by atoms with Crippen molar-refractivity contribution in [3.8, 4) is 6.07 Å². The highest BCUT2D eigenvalue weighted by Gasteiger charge is 1.96. The highest BCUT2D eigenvalue weighted by molar-refractivity contribution is 7.09. The first-order chi connectivity index (χ1) is 4.83. The first-order valence-corrected chi connectivity index (χ1v) is 3.83. The van der Waals surface area contributed by atoms with Crippen LogP contribution in [0.15, 0.2) is 5.38 Å².